The molecule has 2 saturated heterocycles. The molecule has 3 rings (SSSR count). The van der Waals surface area contributed by atoms with Gasteiger partial charge in [-0.1, -0.05) is 6.07 Å². The lowest BCUT2D eigenvalue weighted by Crippen LogP contribution is -2.56. The van der Waals surface area contributed by atoms with Gasteiger partial charge in [0.05, 0.1) is 19.3 Å². The van der Waals surface area contributed by atoms with Crippen molar-refractivity contribution in [3.05, 3.63) is 24.3 Å². The largest absolute Gasteiger partial charge is 0.497 e. The third kappa shape index (κ3) is 4.86. The maximum Gasteiger partial charge on any atom is 0.260 e. The van der Waals surface area contributed by atoms with E-state index in [0.29, 0.717) is 31.1 Å². The second-order valence-corrected chi connectivity index (χ2v) is 7.09. The van der Waals surface area contributed by atoms with Gasteiger partial charge in [-0.2, -0.15) is 0 Å². The number of amides is 1. The fraction of sp³-hybridized carbons (Fsp3) is 0.632. The SMILES string of the molecule is COc1cccc(OCC(=O)N2CCC[C@](O)(CN3CCCC3)C2)c1. The van der Waals surface area contributed by atoms with Crippen LogP contribution in [0.4, 0.5) is 0 Å². The van der Waals surface area contributed by atoms with Crippen molar-refractivity contribution in [2.75, 3.05) is 46.4 Å². The van der Waals surface area contributed by atoms with E-state index in [1.165, 1.54) is 12.8 Å². The molecule has 1 amide bonds. The second kappa shape index (κ2) is 8.06. The van der Waals surface area contributed by atoms with E-state index in [1.54, 1.807) is 24.1 Å². The Labute approximate surface area is 149 Å². The van der Waals surface area contributed by atoms with Gasteiger partial charge in [-0.25, -0.2) is 0 Å². The minimum atomic E-state index is -0.797. The van der Waals surface area contributed by atoms with Gasteiger partial charge >= 0.3 is 0 Å². The number of β-amino-alcohol motifs (C(OH)–C–C–N with tert-alkyl or cyclic N) is 1. The summed E-state index contributed by atoms with van der Waals surface area (Å²) in [4.78, 5) is 16.5. The minimum Gasteiger partial charge on any atom is -0.497 e. The molecule has 0 bridgehead atoms. The second-order valence-electron chi connectivity index (χ2n) is 7.09. The summed E-state index contributed by atoms with van der Waals surface area (Å²) in [6, 6.07) is 7.22. The zero-order chi connectivity index (χ0) is 17.7. The van der Waals surface area contributed by atoms with Crippen molar-refractivity contribution >= 4 is 5.91 Å². The van der Waals surface area contributed by atoms with Crippen molar-refractivity contribution in [1.82, 2.24) is 9.80 Å². The van der Waals surface area contributed by atoms with Gasteiger partial charge in [-0.05, 0) is 50.9 Å². The lowest BCUT2D eigenvalue weighted by atomic mass is 9.92. The van der Waals surface area contributed by atoms with Crippen LogP contribution in [0, 0.1) is 0 Å². The molecule has 6 heteroatoms. The third-order valence-electron chi connectivity index (χ3n) is 5.03. The lowest BCUT2D eigenvalue weighted by Gasteiger charge is -2.41. The number of rotatable bonds is 6. The minimum absolute atomic E-state index is 0.0209. The molecule has 2 fully saturated rings. The summed E-state index contributed by atoms with van der Waals surface area (Å²) in [5, 5.41) is 10.9. The first-order chi connectivity index (χ1) is 12.1. The highest BCUT2D eigenvalue weighted by molar-refractivity contribution is 5.78. The number of piperidine rings is 1. The number of aliphatic hydroxyl groups is 1. The van der Waals surface area contributed by atoms with Crippen LogP contribution in [0.2, 0.25) is 0 Å². The smallest absolute Gasteiger partial charge is 0.260 e. The molecule has 0 unspecified atom stereocenters. The van der Waals surface area contributed by atoms with Crippen LogP contribution in [-0.2, 0) is 4.79 Å². The number of likely N-dealkylation sites (tertiary alicyclic amines) is 2. The molecule has 1 atom stereocenters. The van der Waals surface area contributed by atoms with Crippen LogP contribution >= 0.6 is 0 Å². The van der Waals surface area contributed by atoms with E-state index in [-0.39, 0.29) is 12.5 Å². The molecule has 0 radical (unpaired) electrons. The topological polar surface area (TPSA) is 62.2 Å². The van der Waals surface area contributed by atoms with Crippen molar-refractivity contribution in [2.45, 2.75) is 31.3 Å². The number of benzene rings is 1. The molecule has 0 aliphatic carbocycles. The molecule has 0 saturated carbocycles. The monoisotopic (exact) mass is 348 g/mol. The Bertz CT molecular complexity index is 589. The Kier molecular flexibility index (Phi) is 5.81. The standard InChI is InChI=1S/C19H28N2O4/c1-24-16-6-4-7-17(12-16)25-13-18(22)21-11-5-8-19(23,15-21)14-20-9-2-3-10-20/h4,6-7,12,23H,2-3,5,8-11,13-15H2,1H3/t19-/m0/s1. The summed E-state index contributed by atoms with van der Waals surface area (Å²) in [6.45, 7) is 3.82. The molecule has 0 spiro atoms. The van der Waals surface area contributed by atoms with Gasteiger partial charge in [-0.3, -0.25) is 4.79 Å². The van der Waals surface area contributed by atoms with E-state index in [1.807, 2.05) is 12.1 Å². The van der Waals surface area contributed by atoms with Crippen LogP contribution < -0.4 is 9.47 Å². The van der Waals surface area contributed by atoms with Crippen molar-refractivity contribution in [1.29, 1.82) is 0 Å². The number of nitrogens with zero attached hydrogens (tertiary/aromatic N) is 2. The van der Waals surface area contributed by atoms with Gasteiger partial charge < -0.3 is 24.4 Å². The van der Waals surface area contributed by atoms with E-state index < -0.39 is 5.60 Å². The summed E-state index contributed by atoms with van der Waals surface area (Å²) >= 11 is 0. The molecule has 6 nitrogen and oxygen atoms in total. The first kappa shape index (κ1) is 18.0. The predicted octanol–water partition coefficient (Wildman–Crippen LogP) is 1.52. The highest BCUT2D eigenvalue weighted by Gasteiger charge is 2.37. The van der Waals surface area contributed by atoms with Crippen molar-refractivity contribution in [3.8, 4) is 11.5 Å². The Balaban J connectivity index is 1.52. The molecule has 1 aromatic carbocycles. The molecule has 2 aliphatic heterocycles. The molecule has 2 heterocycles. The van der Waals surface area contributed by atoms with Crippen LogP contribution in [0.5, 0.6) is 11.5 Å². The van der Waals surface area contributed by atoms with Crippen LogP contribution in [0.3, 0.4) is 0 Å². The third-order valence-corrected chi connectivity index (χ3v) is 5.03. The zero-order valence-electron chi connectivity index (χ0n) is 14.9. The van der Waals surface area contributed by atoms with E-state index in [0.717, 1.165) is 25.9 Å². The molecular formula is C19H28N2O4. The number of ether oxygens (including phenoxy) is 2. The molecule has 138 valence electrons. The lowest BCUT2D eigenvalue weighted by molar-refractivity contribution is -0.141. The zero-order valence-corrected chi connectivity index (χ0v) is 14.9. The molecule has 0 aromatic heterocycles. The van der Waals surface area contributed by atoms with E-state index >= 15 is 0 Å². The van der Waals surface area contributed by atoms with Crippen LogP contribution in [0.15, 0.2) is 24.3 Å². The average Bonchev–Trinajstić information content (AvgIpc) is 3.12. The summed E-state index contributed by atoms with van der Waals surface area (Å²) in [7, 11) is 1.60. The van der Waals surface area contributed by atoms with E-state index in [9.17, 15) is 9.90 Å². The summed E-state index contributed by atoms with van der Waals surface area (Å²) < 4.78 is 10.8. The Morgan fingerprint density at radius 1 is 1.20 bits per heavy atom. The first-order valence-corrected chi connectivity index (χ1v) is 9.07. The molecule has 1 N–H and O–H groups in total. The van der Waals surface area contributed by atoms with Gasteiger partial charge in [0.25, 0.3) is 5.91 Å². The predicted molar refractivity (Wildman–Crippen MR) is 94.9 cm³/mol. The summed E-state index contributed by atoms with van der Waals surface area (Å²) in [5.74, 6) is 1.22. The average molecular weight is 348 g/mol. The van der Waals surface area contributed by atoms with Crippen molar-refractivity contribution in [2.24, 2.45) is 0 Å². The Hall–Kier alpha value is -1.79. The van der Waals surface area contributed by atoms with Crippen LogP contribution in [0.1, 0.15) is 25.7 Å². The summed E-state index contributed by atoms with van der Waals surface area (Å²) in [6.07, 6.45) is 3.99. The summed E-state index contributed by atoms with van der Waals surface area (Å²) in [5.41, 5.74) is -0.797. The number of hydrogen-bond donors (Lipinski definition) is 1. The normalized spacial score (nSPS) is 24.3. The number of hydrogen-bond acceptors (Lipinski definition) is 5. The highest BCUT2D eigenvalue weighted by Crippen LogP contribution is 2.24. The molecule has 25 heavy (non-hydrogen) atoms. The van der Waals surface area contributed by atoms with Crippen LogP contribution in [0.25, 0.3) is 0 Å². The van der Waals surface area contributed by atoms with E-state index in [2.05, 4.69) is 4.90 Å². The number of carbonyl (C=O) groups excluding carboxylic acids is 1. The van der Waals surface area contributed by atoms with Gasteiger partial charge in [0.2, 0.25) is 0 Å². The van der Waals surface area contributed by atoms with E-state index in [4.69, 9.17) is 9.47 Å². The first-order valence-electron chi connectivity index (χ1n) is 9.07. The molecule has 2 aliphatic rings. The van der Waals surface area contributed by atoms with Gasteiger partial charge in [0.15, 0.2) is 6.61 Å². The van der Waals surface area contributed by atoms with Crippen molar-refractivity contribution in [3.63, 3.8) is 0 Å². The highest BCUT2D eigenvalue weighted by atomic mass is 16.5. The number of carbonyl (C=O) groups is 1. The maximum absolute atomic E-state index is 12.5. The van der Waals surface area contributed by atoms with Crippen molar-refractivity contribution < 1.29 is 19.4 Å². The van der Waals surface area contributed by atoms with Gasteiger partial charge in [0, 0.05) is 19.2 Å². The van der Waals surface area contributed by atoms with Crippen LogP contribution in [-0.4, -0.2) is 72.9 Å². The number of methoxy groups -OCH3 is 1. The maximum atomic E-state index is 12.5. The van der Waals surface area contributed by atoms with Gasteiger partial charge in [-0.15, -0.1) is 0 Å². The fourth-order valence-electron chi connectivity index (χ4n) is 3.74. The Morgan fingerprint density at radius 2 is 1.96 bits per heavy atom. The molecular weight excluding hydrogens is 320 g/mol. The van der Waals surface area contributed by atoms with Gasteiger partial charge in [0.1, 0.15) is 11.5 Å². The Morgan fingerprint density at radius 3 is 2.72 bits per heavy atom. The fourth-order valence-corrected chi connectivity index (χ4v) is 3.74. The quantitative estimate of drug-likeness (QED) is 0.845. The molecule has 1 aromatic rings.